The number of aldehydes is 1. The van der Waals surface area contributed by atoms with Crippen LogP contribution >= 0.6 is 0 Å². The minimum atomic E-state index is 0.181. The normalized spacial score (nSPS) is 10.1. The fraction of sp³-hybridized carbons (Fsp3) is 0.235. The zero-order valence-electron chi connectivity index (χ0n) is 12.5. The second-order valence-corrected chi connectivity index (χ2v) is 4.69. The molecule has 0 atom stereocenters. The van der Waals surface area contributed by atoms with Crippen LogP contribution in [0.3, 0.4) is 0 Å². The second kappa shape index (κ2) is 7.36. The zero-order chi connectivity index (χ0) is 15.9. The van der Waals surface area contributed by atoms with E-state index in [4.69, 9.17) is 9.47 Å². The van der Waals surface area contributed by atoms with E-state index in [1.54, 1.807) is 31.3 Å². The summed E-state index contributed by atoms with van der Waals surface area (Å²) >= 11 is 0. The van der Waals surface area contributed by atoms with Gasteiger partial charge < -0.3 is 9.47 Å². The number of pyridine rings is 1. The lowest BCUT2D eigenvalue weighted by Crippen LogP contribution is -2.06. The Morgan fingerprint density at radius 3 is 2.64 bits per heavy atom. The number of aryl methyl sites for hydroxylation is 2. The highest BCUT2D eigenvalue weighted by Gasteiger charge is 2.13. The number of nitrogens with zero attached hydrogens (tertiary/aromatic N) is 1. The highest BCUT2D eigenvalue weighted by molar-refractivity contribution is 5.82. The molecule has 22 heavy (non-hydrogen) atoms. The number of ether oxygens (including phenoxy) is 2. The number of carbonyl (C=O) groups is 2. The quantitative estimate of drug-likeness (QED) is 0.735. The SMILES string of the molecule is CCc1cnc(C)c(OCc2ccccc2OC=O)c1C=O. The summed E-state index contributed by atoms with van der Waals surface area (Å²) in [6.07, 6.45) is 3.18. The fourth-order valence-electron chi connectivity index (χ4n) is 2.18. The summed E-state index contributed by atoms with van der Waals surface area (Å²) in [7, 11) is 0. The van der Waals surface area contributed by atoms with Crippen LogP contribution in [0, 0.1) is 6.92 Å². The van der Waals surface area contributed by atoms with Gasteiger partial charge in [-0.1, -0.05) is 25.1 Å². The van der Waals surface area contributed by atoms with Gasteiger partial charge in [0.25, 0.3) is 6.47 Å². The van der Waals surface area contributed by atoms with E-state index >= 15 is 0 Å². The number of hydrogen-bond donors (Lipinski definition) is 0. The zero-order valence-corrected chi connectivity index (χ0v) is 12.5. The Morgan fingerprint density at radius 2 is 1.95 bits per heavy atom. The summed E-state index contributed by atoms with van der Waals surface area (Å²) in [5.74, 6) is 0.901. The molecule has 0 N–H and O–H groups in total. The van der Waals surface area contributed by atoms with Gasteiger partial charge in [-0.3, -0.25) is 14.6 Å². The highest BCUT2D eigenvalue weighted by atomic mass is 16.5. The molecule has 1 aromatic heterocycles. The predicted octanol–water partition coefficient (Wildman–Crippen LogP) is 2.88. The summed E-state index contributed by atoms with van der Waals surface area (Å²) in [4.78, 5) is 26.1. The van der Waals surface area contributed by atoms with Crippen molar-refractivity contribution in [2.24, 2.45) is 0 Å². The molecule has 2 rings (SSSR count). The van der Waals surface area contributed by atoms with Gasteiger partial charge in [0, 0.05) is 11.8 Å². The van der Waals surface area contributed by atoms with Gasteiger partial charge in [-0.05, 0) is 25.0 Å². The van der Waals surface area contributed by atoms with Crippen LogP contribution in [0.25, 0.3) is 0 Å². The van der Waals surface area contributed by atoms with E-state index in [1.807, 2.05) is 13.0 Å². The maximum absolute atomic E-state index is 11.4. The monoisotopic (exact) mass is 299 g/mol. The molecule has 5 heteroatoms. The first-order chi connectivity index (χ1) is 10.7. The van der Waals surface area contributed by atoms with Crippen molar-refractivity contribution in [3.63, 3.8) is 0 Å². The van der Waals surface area contributed by atoms with Crippen LogP contribution in [0.1, 0.15) is 34.1 Å². The number of rotatable bonds is 7. The molecule has 5 nitrogen and oxygen atoms in total. The topological polar surface area (TPSA) is 65.5 Å². The Bertz CT molecular complexity index is 682. The van der Waals surface area contributed by atoms with E-state index in [2.05, 4.69) is 4.98 Å². The van der Waals surface area contributed by atoms with E-state index in [0.29, 0.717) is 41.2 Å². The molecule has 0 aliphatic heterocycles. The lowest BCUT2D eigenvalue weighted by atomic mass is 10.1. The average Bonchev–Trinajstić information content (AvgIpc) is 2.54. The number of benzene rings is 1. The maximum Gasteiger partial charge on any atom is 0.298 e. The third-order valence-corrected chi connectivity index (χ3v) is 3.35. The van der Waals surface area contributed by atoms with Gasteiger partial charge in [-0.2, -0.15) is 0 Å². The van der Waals surface area contributed by atoms with Crippen LogP contribution in [-0.4, -0.2) is 17.7 Å². The minimum Gasteiger partial charge on any atom is -0.486 e. The molecule has 2 aromatic rings. The summed E-state index contributed by atoms with van der Waals surface area (Å²) in [5.41, 5.74) is 2.72. The number of para-hydroxylation sites is 1. The molecule has 0 aliphatic carbocycles. The standard InChI is InChI=1S/C17H17NO4/c1-3-13-8-18-12(2)17(15(13)9-19)21-10-14-6-4-5-7-16(14)22-11-20/h4-9,11H,3,10H2,1-2H3. The van der Waals surface area contributed by atoms with Gasteiger partial charge in [0.15, 0.2) is 12.0 Å². The molecule has 0 radical (unpaired) electrons. The predicted molar refractivity (Wildman–Crippen MR) is 81.2 cm³/mol. The first-order valence-corrected chi connectivity index (χ1v) is 6.95. The van der Waals surface area contributed by atoms with Crippen molar-refractivity contribution in [2.75, 3.05) is 0 Å². The largest absolute Gasteiger partial charge is 0.486 e. The Hall–Kier alpha value is -2.69. The van der Waals surface area contributed by atoms with E-state index < -0.39 is 0 Å². The summed E-state index contributed by atoms with van der Waals surface area (Å²) < 4.78 is 10.7. The molecule has 0 amide bonds. The van der Waals surface area contributed by atoms with Crippen LogP contribution in [0.5, 0.6) is 11.5 Å². The van der Waals surface area contributed by atoms with Crippen LogP contribution < -0.4 is 9.47 Å². The van der Waals surface area contributed by atoms with Crippen LogP contribution in [0.4, 0.5) is 0 Å². The molecule has 114 valence electrons. The van der Waals surface area contributed by atoms with Gasteiger partial charge in [0.05, 0.1) is 11.3 Å². The Labute approximate surface area is 128 Å². The molecular formula is C17H17NO4. The minimum absolute atomic E-state index is 0.181. The van der Waals surface area contributed by atoms with E-state index in [-0.39, 0.29) is 6.61 Å². The molecule has 1 heterocycles. The van der Waals surface area contributed by atoms with Crippen molar-refractivity contribution in [2.45, 2.75) is 26.9 Å². The summed E-state index contributed by atoms with van der Waals surface area (Å²) in [6.45, 7) is 4.30. The molecule has 0 aliphatic rings. The average molecular weight is 299 g/mol. The molecular weight excluding hydrogens is 282 g/mol. The molecule has 0 bridgehead atoms. The third kappa shape index (κ3) is 3.31. The van der Waals surface area contributed by atoms with E-state index in [0.717, 1.165) is 11.8 Å². The molecule has 1 aromatic carbocycles. The van der Waals surface area contributed by atoms with Gasteiger partial charge in [-0.15, -0.1) is 0 Å². The lowest BCUT2D eigenvalue weighted by molar-refractivity contribution is -0.120. The molecule has 0 unspecified atom stereocenters. The van der Waals surface area contributed by atoms with Crippen molar-refractivity contribution in [3.8, 4) is 11.5 Å². The number of hydrogen-bond acceptors (Lipinski definition) is 5. The van der Waals surface area contributed by atoms with Gasteiger partial charge in [-0.25, -0.2) is 0 Å². The second-order valence-electron chi connectivity index (χ2n) is 4.69. The third-order valence-electron chi connectivity index (χ3n) is 3.35. The highest BCUT2D eigenvalue weighted by Crippen LogP contribution is 2.26. The van der Waals surface area contributed by atoms with Gasteiger partial charge in [0.2, 0.25) is 0 Å². The number of carbonyl (C=O) groups excluding carboxylic acids is 2. The summed E-state index contributed by atoms with van der Waals surface area (Å²) in [6, 6.07) is 7.07. The van der Waals surface area contributed by atoms with E-state index in [9.17, 15) is 9.59 Å². The summed E-state index contributed by atoms with van der Waals surface area (Å²) in [5, 5.41) is 0. The maximum atomic E-state index is 11.4. The lowest BCUT2D eigenvalue weighted by Gasteiger charge is -2.14. The Kier molecular flexibility index (Phi) is 5.25. The molecule has 0 saturated heterocycles. The first-order valence-electron chi connectivity index (χ1n) is 6.95. The molecule has 0 saturated carbocycles. The van der Waals surface area contributed by atoms with E-state index in [1.165, 1.54) is 0 Å². The first kappa shape index (κ1) is 15.7. The molecule has 0 fully saturated rings. The van der Waals surface area contributed by atoms with Crippen LogP contribution in [0.2, 0.25) is 0 Å². The van der Waals surface area contributed by atoms with Crippen molar-refractivity contribution in [3.05, 3.63) is 52.8 Å². The van der Waals surface area contributed by atoms with Crippen molar-refractivity contribution < 1.29 is 19.1 Å². The van der Waals surface area contributed by atoms with Crippen LogP contribution in [-0.2, 0) is 17.8 Å². The Balaban J connectivity index is 2.29. The number of aromatic nitrogens is 1. The van der Waals surface area contributed by atoms with Crippen molar-refractivity contribution in [1.29, 1.82) is 0 Å². The van der Waals surface area contributed by atoms with Crippen molar-refractivity contribution >= 4 is 12.8 Å². The Morgan fingerprint density at radius 1 is 1.18 bits per heavy atom. The van der Waals surface area contributed by atoms with Crippen molar-refractivity contribution in [1.82, 2.24) is 4.98 Å². The van der Waals surface area contributed by atoms with Gasteiger partial charge >= 0.3 is 0 Å². The van der Waals surface area contributed by atoms with Crippen LogP contribution in [0.15, 0.2) is 30.5 Å². The van der Waals surface area contributed by atoms with Gasteiger partial charge in [0.1, 0.15) is 12.4 Å². The fourth-order valence-corrected chi connectivity index (χ4v) is 2.18. The smallest absolute Gasteiger partial charge is 0.298 e. The molecule has 0 spiro atoms.